The van der Waals surface area contributed by atoms with Gasteiger partial charge in [-0.05, 0) is 49.9 Å². The predicted molar refractivity (Wildman–Crippen MR) is 122 cm³/mol. The van der Waals surface area contributed by atoms with E-state index in [1.165, 1.54) is 99.6 Å². The van der Waals surface area contributed by atoms with E-state index >= 15 is 0 Å². The normalized spacial score (nSPS) is 11.3. The van der Waals surface area contributed by atoms with Crippen molar-refractivity contribution in [2.75, 3.05) is 0 Å². The van der Waals surface area contributed by atoms with Crippen molar-refractivity contribution < 1.29 is 0 Å². The number of hydrogen-bond acceptors (Lipinski definition) is 2. The van der Waals surface area contributed by atoms with Crippen LogP contribution in [0.1, 0.15) is 101 Å². The molecule has 0 spiro atoms. The van der Waals surface area contributed by atoms with Gasteiger partial charge >= 0.3 is 0 Å². The van der Waals surface area contributed by atoms with Crippen molar-refractivity contribution in [3.8, 4) is 9.75 Å². The molecule has 0 N–H and O–H groups in total. The first kappa shape index (κ1) is 21.7. The molecule has 0 radical (unpaired) electrons. The molecule has 0 saturated heterocycles. The quantitative estimate of drug-likeness (QED) is 0.266. The fourth-order valence-corrected chi connectivity index (χ4v) is 5.64. The van der Waals surface area contributed by atoms with Crippen LogP contribution < -0.4 is 0 Å². The van der Waals surface area contributed by atoms with E-state index in [1.54, 1.807) is 9.75 Å². The van der Waals surface area contributed by atoms with Crippen LogP contribution >= 0.6 is 22.7 Å². The Hall–Kier alpha value is -0.600. The highest BCUT2D eigenvalue weighted by Crippen LogP contribution is 2.34. The summed E-state index contributed by atoms with van der Waals surface area (Å²) in [5.41, 5.74) is 0. The van der Waals surface area contributed by atoms with Gasteiger partial charge in [-0.1, -0.05) is 78.1 Å². The average molecular weight is 391 g/mol. The van der Waals surface area contributed by atoms with Gasteiger partial charge in [-0.15, -0.1) is 22.7 Å². The van der Waals surface area contributed by atoms with Crippen molar-refractivity contribution in [2.45, 2.75) is 104 Å². The van der Waals surface area contributed by atoms with Gasteiger partial charge in [0.2, 0.25) is 0 Å². The van der Waals surface area contributed by atoms with Crippen LogP contribution in [0.4, 0.5) is 0 Å². The van der Waals surface area contributed by atoms with Crippen LogP contribution in [0.2, 0.25) is 0 Å². The van der Waals surface area contributed by atoms with Crippen LogP contribution in [-0.2, 0) is 12.8 Å². The Kier molecular flexibility index (Phi) is 11.3. The van der Waals surface area contributed by atoms with Crippen LogP contribution in [0.5, 0.6) is 0 Å². The van der Waals surface area contributed by atoms with E-state index in [4.69, 9.17) is 0 Å². The minimum atomic E-state index is 1.27. The van der Waals surface area contributed by atoms with Crippen LogP contribution in [0.25, 0.3) is 9.75 Å². The monoisotopic (exact) mass is 390 g/mol. The van der Waals surface area contributed by atoms with Gasteiger partial charge in [-0.2, -0.15) is 0 Å². The summed E-state index contributed by atoms with van der Waals surface area (Å²) in [6, 6.07) is 9.41. The van der Waals surface area contributed by atoms with E-state index in [2.05, 4.69) is 38.1 Å². The maximum atomic E-state index is 2.36. The second kappa shape index (κ2) is 13.6. The molecule has 0 aromatic carbocycles. The van der Waals surface area contributed by atoms with Gasteiger partial charge in [0.1, 0.15) is 0 Å². The molecule has 0 aliphatic carbocycles. The molecule has 2 aromatic rings. The minimum absolute atomic E-state index is 1.27. The Morgan fingerprint density at radius 1 is 0.500 bits per heavy atom. The van der Waals surface area contributed by atoms with Gasteiger partial charge < -0.3 is 0 Å². The van der Waals surface area contributed by atoms with E-state index in [1.807, 2.05) is 22.7 Å². The van der Waals surface area contributed by atoms with E-state index < -0.39 is 0 Å². The molecule has 2 heterocycles. The van der Waals surface area contributed by atoms with Crippen LogP contribution in [0, 0.1) is 0 Å². The maximum absolute atomic E-state index is 2.36. The van der Waals surface area contributed by atoms with E-state index in [9.17, 15) is 0 Å². The van der Waals surface area contributed by atoms with Crippen LogP contribution in [-0.4, -0.2) is 0 Å². The number of thiophene rings is 2. The first-order valence-corrected chi connectivity index (χ1v) is 12.6. The molecule has 0 fully saturated rings. The Morgan fingerprint density at radius 2 is 0.885 bits per heavy atom. The molecule has 146 valence electrons. The third kappa shape index (κ3) is 8.39. The number of unbranched alkanes of at least 4 members (excludes halogenated alkanes) is 10. The summed E-state index contributed by atoms with van der Waals surface area (Å²) in [6.45, 7) is 4.58. The maximum Gasteiger partial charge on any atom is 0.0445 e. The molecular formula is C24H38S2. The molecule has 26 heavy (non-hydrogen) atoms. The summed E-state index contributed by atoms with van der Waals surface area (Å²) in [5, 5.41) is 0. The lowest BCUT2D eigenvalue weighted by Crippen LogP contribution is -1.82. The first-order valence-electron chi connectivity index (χ1n) is 11.0. The molecule has 0 bridgehead atoms. The fourth-order valence-electron chi connectivity index (χ4n) is 3.45. The van der Waals surface area contributed by atoms with Gasteiger partial charge in [0, 0.05) is 19.5 Å². The lowest BCUT2D eigenvalue weighted by molar-refractivity contribution is 0.609. The van der Waals surface area contributed by atoms with Crippen molar-refractivity contribution in [3.05, 3.63) is 34.0 Å². The summed E-state index contributed by atoms with van der Waals surface area (Å²) in [4.78, 5) is 6.10. The molecule has 2 rings (SSSR count). The van der Waals surface area contributed by atoms with Crippen LogP contribution in [0.15, 0.2) is 24.3 Å². The Balaban J connectivity index is 1.67. The van der Waals surface area contributed by atoms with Crippen molar-refractivity contribution in [3.63, 3.8) is 0 Å². The van der Waals surface area contributed by atoms with E-state index in [0.717, 1.165) is 0 Å². The molecule has 0 unspecified atom stereocenters. The highest BCUT2D eigenvalue weighted by molar-refractivity contribution is 7.22. The Morgan fingerprint density at radius 3 is 1.31 bits per heavy atom. The largest absolute Gasteiger partial charge is 0.139 e. The number of hydrogen-bond donors (Lipinski definition) is 0. The molecule has 0 saturated carbocycles. The van der Waals surface area contributed by atoms with Crippen molar-refractivity contribution in [1.29, 1.82) is 0 Å². The highest BCUT2D eigenvalue weighted by atomic mass is 32.1. The van der Waals surface area contributed by atoms with Crippen molar-refractivity contribution in [1.82, 2.24) is 0 Å². The zero-order valence-corrected chi connectivity index (χ0v) is 18.7. The lowest BCUT2D eigenvalue weighted by Gasteiger charge is -1.99. The van der Waals surface area contributed by atoms with Gasteiger partial charge in [-0.25, -0.2) is 0 Å². The summed E-state index contributed by atoms with van der Waals surface area (Å²) < 4.78 is 0. The average Bonchev–Trinajstić information content (AvgIpc) is 3.30. The molecule has 0 nitrogen and oxygen atoms in total. The summed E-state index contributed by atoms with van der Waals surface area (Å²) in [6.07, 6.45) is 19.2. The molecule has 0 amide bonds. The van der Waals surface area contributed by atoms with Crippen LogP contribution in [0.3, 0.4) is 0 Å². The molecule has 0 atom stereocenters. The third-order valence-electron chi connectivity index (χ3n) is 5.12. The Labute approximate surface area is 170 Å². The highest BCUT2D eigenvalue weighted by Gasteiger charge is 2.06. The second-order valence-corrected chi connectivity index (χ2v) is 9.90. The Bertz CT molecular complexity index is 526. The summed E-state index contributed by atoms with van der Waals surface area (Å²) in [5.74, 6) is 0. The van der Waals surface area contributed by atoms with Crippen molar-refractivity contribution in [2.24, 2.45) is 0 Å². The molecule has 2 heteroatoms. The van der Waals surface area contributed by atoms with Gasteiger partial charge in [0.05, 0.1) is 0 Å². The predicted octanol–water partition coefficient (Wildman–Crippen LogP) is 9.28. The minimum Gasteiger partial charge on any atom is -0.139 e. The summed E-state index contributed by atoms with van der Waals surface area (Å²) in [7, 11) is 0. The van der Waals surface area contributed by atoms with E-state index in [0.29, 0.717) is 0 Å². The third-order valence-corrected chi connectivity index (χ3v) is 7.61. The smallest absolute Gasteiger partial charge is 0.0445 e. The number of aryl methyl sites for hydroxylation is 2. The zero-order valence-electron chi connectivity index (χ0n) is 17.0. The summed E-state index contributed by atoms with van der Waals surface area (Å²) >= 11 is 4.03. The van der Waals surface area contributed by atoms with Gasteiger partial charge in [0.25, 0.3) is 0 Å². The molecule has 0 aliphatic rings. The lowest BCUT2D eigenvalue weighted by atomic mass is 10.1. The van der Waals surface area contributed by atoms with Gasteiger partial charge in [0.15, 0.2) is 0 Å². The van der Waals surface area contributed by atoms with E-state index in [-0.39, 0.29) is 0 Å². The van der Waals surface area contributed by atoms with Crippen molar-refractivity contribution >= 4 is 22.7 Å². The fraction of sp³-hybridized carbons (Fsp3) is 0.667. The topological polar surface area (TPSA) is 0 Å². The van der Waals surface area contributed by atoms with Gasteiger partial charge in [-0.3, -0.25) is 0 Å². The molecular weight excluding hydrogens is 352 g/mol. The number of rotatable bonds is 15. The zero-order chi connectivity index (χ0) is 18.5. The second-order valence-electron chi connectivity index (χ2n) is 7.57. The molecule has 2 aromatic heterocycles. The molecule has 0 aliphatic heterocycles. The standard InChI is InChI=1S/C24H38S2/c1-3-5-7-9-11-13-15-21-17-19-23(25-21)24-20-18-22(26-24)16-14-12-10-8-6-4-2/h17-20H,3-16H2,1-2H3. The first-order chi connectivity index (χ1) is 12.8. The SMILES string of the molecule is CCCCCCCCc1ccc(-c2ccc(CCCCCCCC)s2)s1.